The van der Waals surface area contributed by atoms with Crippen molar-refractivity contribution in [3.05, 3.63) is 59.5 Å². The molecule has 0 bridgehead atoms. The van der Waals surface area contributed by atoms with Gasteiger partial charge >= 0.3 is 6.18 Å². The van der Waals surface area contributed by atoms with Gasteiger partial charge in [-0.25, -0.2) is 17.8 Å². The second-order valence-corrected chi connectivity index (χ2v) is 14.4. The number of methoxy groups -OCH3 is 1. The molecule has 2 aromatic carbocycles. The number of nitrogens with zero attached hydrogens (tertiary/aromatic N) is 4. The van der Waals surface area contributed by atoms with Gasteiger partial charge in [0.15, 0.2) is 5.75 Å². The van der Waals surface area contributed by atoms with Crippen LogP contribution in [0.15, 0.2) is 42.6 Å². The van der Waals surface area contributed by atoms with Crippen molar-refractivity contribution in [2.24, 2.45) is 5.41 Å². The van der Waals surface area contributed by atoms with Gasteiger partial charge in [0.25, 0.3) is 5.91 Å². The fourth-order valence-corrected chi connectivity index (χ4v) is 6.64. The maximum Gasteiger partial charge on any atom is 0.423 e. The molecule has 260 valence electrons. The van der Waals surface area contributed by atoms with Crippen LogP contribution in [0.5, 0.6) is 17.4 Å². The van der Waals surface area contributed by atoms with Gasteiger partial charge in [0.2, 0.25) is 21.9 Å². The average molecular weight is 695 g/mol. The topological polar surface area (TPSA) is 126 Å². The number of anilines is 3. The lowest BCUT2D eigenvalue weighted by atomic mass is 9.67. The number of ether oxygens (including phenoxy) is 2. The highest BCUT2D eigenvalue weighted by molar-refractivity contribution is 7.92. The summed E-state index contributed by atoms with van der Waals surface area (Å²) in [6, 6.07) is 7.67. The standard InChI is InChI=1S/C32H38F4N6O5S/c1-41-15-13-31(14-16-41)11-9-20(10-12-31)38-28(43)21-17-27(46-3)24(18-23(21)33)39-30-37-19-22(32(34,35)36)29(40-30)47-26-8-6-5-7-25(26)42(2)48(4,44)45/h5-8,17-20H,9-16H2,1-4H3,(H,38,43)(H,37,39,40). The molecule has 0 unspecified atom stereocenters. The number of carbonyl (C=O) groups is 1. The Kier molecular flexibility index (Phi) is 10.1. The van der Waals surface area contributed by atoms with Crippen LogP contribution < -0.4 is 24.4 Å². The van der Waals surface area contributed by atoms with Crippen molar-refractivity contribution in [3.63, 3.8) is 0 Å². The quantitative estimate of drug-likeness (QED) is 0.261. The van der Waals surface area contributed by atoms with Crippen LogP contribution in [0.2, 0.25) is 0 Å². The van der Waals surface area contributed by atoms with Crippen LogP contribution in [0.3, 0.4) is 0 Å². The van der Waals surface area contributed by atoms with E-state index in [9.17, 15) is 26.4 Å². The minimum absolute atomic E-state index is 0.0153. The molecule has 0 atom stereocenters. The zero-order chi connectivity index (χ0) is 34.9. The van der Waals surface area contributed by atoms with E-state index in [0.717, 1.165) is 68.2 Å². The number of nitrogens with one attached hydrogen (secondary N) is 2. The van der Waals surface area contributed by atoms with Crippen LogP contribution >= 0.6 is 0 Å². The van der Waals surface area contributed by atoms with Crippen molar-refractivity contribution in [3.8, 4) is 17.4 Å². The van der Waals surface area contributed by atoms with Gasteiger partial charge in [-0.15, -0.1) is 0 Å². The average Bonchev–Trinajstić information content (AvgIpc) is 3.03. The molecule has 2 heterocycles. The van der Waals surface area contributed by atoms with E-state index >= 15 is 4.39 Å². The number of sulfonamides is 1. The summed E-state index contributed by atoms with van der Waals surface area (Å²) in [6.45, 7) is 2.12. The van der Waals surface area contributed by atoms with Gasteiger partial charge in [-0.2, -0.15) is 18.2 Å². The highest BCUT2D eigenvalue weighted by Gasteiger charge is 2.39. The molecule has 1 aromatic heterocycles. The Hall–Kier alpha value is -4.18. The molecule has 1 amide bonds. The molecule has 1 saturated carbocycles. The summed E-state index contributed by atoms with van der Waals surface area (Å²) in [5.74, 6) is -3.04. The zero-order valence-electron chi connectivity index (χ0n) is 27.0. The largest absolute Gasteiger partial charge is 0.495 e. The molecule has 1 aliphatic carbocycles. The first-order valence-corrected chi connectivity index (χ1v) is 17.2. The predicted octanol–water partition coefficient (Wildman–Crippen LogP) is 5.96. The number of alkyl halides is 3. The van der Waals surface area contributed by atoms with E-state index in [4.69, 9.17) is 9.47 Å². The van der Waals surface area contributed by atoms with Gasteiger partial charge in [0, 0.05) is 25.4 Å². The minimum Gasteiger partial charge on any atom is -0.495 e. The Morgan fingerprint density at radius 1 is 1.08 bits per heavy atom. The molecule has 3 aromatic rings. The molecule has 1 aliphatic heterocycles. The molecular formula is C32H38F4N6O5S. The summed E-state index contributed by atoms with van der Waals surface area (Å²) >= 11 is 0. The second kappa shape index (κ2) is 13.7. The van der Waals surface area contributed by atoms with E-state index in [1.807, 2.05) is 0 Å². The Labute approximate surface area is 276 Å². The molecule has 2 fully saturated rings. The second-order valence-electron chi connectivity index (χ2n) is 12.4. The molecule has 1 spiro atoms. The van der Waals surface area contributed by atoms with Crippen LogP contribution in [0, 0.1) is 11.2 Å². The summed E-state index contributed by atoms with van der Waals surface area (Å²) in [6.07, 6.45) is 2.35. The predicted molar refractivity (Wildman–Crippen MR) is 172 cm³/mol. The number of piperidine rings is 1. The van der Waals surface area contributed by atoms with Crippen molar-refractivity contribution in [2.45, 2.75) is 50.7 Å². The van der Waals surface area contributed by atoms with E-state index in [2.05, 4.69) is 32.5 Å². The molecule has 2 N–H and O–H groups in total. The van der Waals surface area contributed by atoms with Crippen LogP contribution in [0.25, 0.3) is 0 Å². The van der Waals surface area contributed by atoms with E-state index in [1.54, 1.807) is 0 Å². The summed E-state index contributed by atoms with van der Waals surface area (Å²) < 4.78 is 93.2. The van der Waals surface area contributed by atoms with Crippen molar-refractivity contribution in [1.29, 1.82) is 0 Å². The normalized spacial score (nSPS) is 17.2. The number of aromatic nitrogens is 2. The third kappa shape index (κ3) is 7.92. The number of rotatable bonds is 9. The molecule has 0 radical (unpaired) electrons. The Morgan fingerprint density at radius 2 is 1.75 bits per heavy atom. The van der Waals surface area contributed by atoms with E-state index in [0.29, 0.717) is 11.6 Å². The molecular weight excluding hydrogens is 656 g/mol. The lowest BCUT2D eigenvalue weighted by molar-refractivity contribution is -0.139. The first kappa shape index (κ1) is 35.1. The molecule has 16 heteroatoms. The van der Waals surface area contributed by atoms with Gasteiger partial charge in [-0.05, 0) is 82.3 Å². The van der Waals surface area contributed by atoms with Gasteiger partial charge in [0.05, 0.1) is 30.3 Å². The monoisotopic (exact) mass is 694 g/mol. The maximum atomic E-state index is 15.4. The third-order valence-electron chi connectivity index (χ3n) is 9.18. The van der Waals surface area contributed by atoms with Gasteiger partial charge in [0.1, 0.15) is 17.1 Å². The van der Waals surface area contributed by atoms with Crippen molar-refractivity contribution >= 4 is 33.3 Å². The van der Waals surface area contributed by atoms with Gasteiger partial charge < -0.3 is 25.0 Å². The van der Waals surface area contributed by atoms with Crippen molar-refractivity contribution in [2.75, 3.05) is 50.2 Å². The first-order valence-electron chi connectivity index (χ1n) is 15.4. The number of hydrogen-bond acceptors (Lipinski definition) is 9. The fourth-order valence-electron chi connectivity index (χ4n) is 6.13. The van der Waals surface area contributed by atoms with Crippen LogP contribution in [-0.2, 0) is 16.2 Å². The van der Waals surface area contributed by atoms with Gasteiger partial charge in [-0.1, -0.05) is 12.1 Å². The van der Waals surface area contributed by atoms with Crippen molar-refractivity contribution in [1.82, 2.24) is 20.2 Å². The molecule has 1 saturated heterocycles. The SMILES string of the molecule is COc1cc(C(=O)NC2CCC3(CC2)CCN(C)CC3)c(F)cc1Nc1ncc(C(F)(F)F)c(Oc2ccccc2N(C)S(C)(=O)=O)n1. The minimum atomic E-state index is -4.93. The number of amides is 1. The first-order chi connectivity index (χ1) is 22.6. The number of benzene rings is 2. The Bertz CT molecular complexity index is 1760. The van der Waals surface area contributed by atoms with Crippen LogP contribution in [0.4, 0.5) is 34.9 Å². The van der Waals surface area contributed by atoms with Crippen LogP contribution in [0.1, 0.15) is 54.4 Å². The summed E-state index contributed by atoms with van der Waals surface area (Å²) in [4.78, 5) is 23.1. The fraction of sp³-hybridized carbons (Fsp3) is 0.469. The Balaban J connectivity index is 1.35. The van der Waals surface area contributed by atoms with Crippen molar-refractivity contribution < 1.29 is 40.2 Å². The highest BCUT2D eigenvalue weighted by Crippen LogP contribution is 2.45. The number of hydrogen-bond donors (Lipinski definition) is 2. The number of likely N-dealkylation sites (tertiary alicyclic amines) is 1. The number of halogens is 4. The Morgan fingerprint density at radius 3 is 2.38 bits per heavy atom. The van der Waals surface area contributed by atoms with E-state index in [1.165, 1.54) is 44.5 Å². The third-order valence-corrected chi connectivity index (χ3v) is 10.4. The molecule has 48 heavy (non-hydrogen) atoms. The summed E-state index contributed by atoms with van der Waals surface area (Å²) in [7, 11) is 0.846. The maximum absolute atomic E-state index is 15.4. The lowest BCUT2D eigenvalue weighted by Crippen LogP contribution is -2.45. The molecule has 2 aliphatic rings. The summed E-state index contributed by atoms with van der Waals surface area (Å²) in [5.41, 5.74) is -1.37. The van der Waals surface area contributed by atoms with Crippen LogP contribution in [-0.4, -0.2) is 75.8 Å². The molecule has 11 nitrogen and oxygen atoms in total. The lowest BCUT2D eigenvalue weighted by Gasteiger charge is -2.45. The zero-order valence-corrected chi connectivity index (χ0v) is 27.8. The number of carbonyl (C=O) groups excluding carboxylic acids is 1. The van der Waals surface area contributed by atoms with E-state index < -0.39 is 45.3 Å². The number of para-hydroxylation sites is 2. The van der Waals surface area contributed by atoms with E-state index in [-0.39, 0.29) is 34.5 Å². The van der Waals surface area contributed by atoms with Gasteiger partial charge in [-0.3, -0.25) is 9.10 Å². The smallest absolute Gasteiger partial charge is 0.423 e. The molecule has 5 rings (SSSR count). The summed E-state index contributed by atoms with van der Waals surface area (Å²) in [5, 5.41) is 5.58. The highest BCUT2D eigenvalue weighted by atomic mass is 32.2.